The Morgan fingerprint density at radius 1 is 0.400 bits per heavy atom. The number of hydrogen-bond donors (Lipinski definition) is 0. The van der Waals surface area contributed by atoms with Gasteiger partial charge >= 0.3 is 118 Å². The standard InChI is InChI=1S/C28H28O12P2S4.4Na/c1-19(41(21-7-3-11-25(15-21)43(29,30)31)22-8-4-12-26(16-22)44(32,33)34)20(2)42(23-9-5-13-27(17-23)45(35,36)37)24-10-6-14-28(18-24)46(38,39)40;;;;/h3-20H,1-2H3,(H,29,30,31)(H,32,33,34)(H,35,36,37)(H,38,39,40);;;;/q;4*+1/p-4/t19-,20-;;;;/m0..../s1. The Labute approximate surface area is 383 Å². The van der Waals surface area contributed by atoms with Crippen LogP contribution in [0.5, 0.6) is 0 Å². The zero-order valence-corrected chi connectivity index (χ0v) is 40.9. The van der Waals surface area contributed by atoms with Crippen molar-refractivity contribution in [2.45, 2.75) is 44.7 Å². The third-order valence-electron chi connectivity index (χ3n) is 7.05. The molecule has 0 aliphatic heterocycles. The Balaban J connectivity index is 0.00000600. The molecule has 0 aliphatic rings. The van der Waals surface area contributed by atoms with Gasteiger partial charge in [-0.1, -0.05) is 62.4 Å². The third-order valence-corrected chi connectivity index (χ3v) is 16.5. The number of rotatable bonds is 11. The molecule has 50 heavy (non-hydrogen) atoms. The fraction of sp³-hybridized carbons (Fsp3) is 0.143. The second kappa shape index (κ2) is 20.5. The van der Waals surface area contributed by atoms with E-state index in [-0.39, 0.29) is 118 Å². The topological polar surface area (TPSA) is 229 Å². The first kappa shape index (κ1) is 51.4. The molecule has 0 heterocycles. The molecule has 0 amide bonds. The van der Waals surface area contributed by atoms with Crippen LogP contribution >= 0.6 is 15.8 Å². The van der Waals surface area contributed by atoms with Crippen LogP contribution in [-0.2, 0) is 40.5 Å². The average Bonchev–Trinajstić information content (AvgIpc) is 2.96. The predicted octanol–water partition coefficient (Wildman–Crippen LogP) is -10.3. The van der Waals surface area contributed by atoms with Crippen molar-refractivity contribution >= 4 is 77.5 Å². The normalized spacial score (nSPS) is 13.2. The minimum atomic E-state index is -4.91. The van der Waals surface area contributed by atoms with Crippen molar-refractivity contribution < 1.29 is 170 Å². The van der Waals surface area contributed by atoms with Gasteiger partial charge < -0.3 is 18.2 Å². The molecule has 0 fully saturated rings. The van der Waals surface area contributed by atoms with Crippen molar-refractivity contribution in [3.63, 3.8) is 0 Å². The van der Waals surface area contributed by atoms with Gasteiger partial charge in [0.25, 0.3) is 0 Å². The minimum Gasteiger partial charge on any atom is -0.744 e. The van der Waals surface area contributed by atoms with Gasteiger partial charge in [-0.05, 0) is 96.9 Å². The Bertz CT molecular complexity index is 1930. The summed E-state index contributed by atoms with van der Waals surface area (Å²) in [5, 5.41) is 1.31. The van der Waals surface area contributed by atoms with Crippen molar-refractivity contribution in [2.75, 3.05) is 0 Å². The average molecular weight is 835 g/mol. The number of hydrogen-bond acceptors (Lipinski definition) is 12. The van der Waals surface area contributed by atoms with E-state index in [4.69, 9.17) is 0 Å². The maximum atomic E-state index is 11.9. The van der Waals surface area contributed by atoms with Crippen LogP contribution in [-0.4, -0.2) is 63.2 Å². The molecule has 12 nitrogen and oxygen atoms in total. The fourth-order valence-corrected chi connectivity index (χ4v) is 13.5. The summed E-state index contributed by atoms with van der Waals surface area (Å²) < 4.78 is 143. The van der Waals surface area contributed by atoms with Gasteiger partial charge in [0.1, 0.15) is 40.5 Å². The summed E-state index contributed by atoms with van der Waals surface area (Å²) >= 11 is 0. The molecule has 0 saturated heterocycles. The molecule has 0 unspecified atom stereocenters. The summed E-state index contributed by atoms with van der Waals surface area (Å²) in [6, 6.07) is 20.6. The molecular formula is C28H24Na4O12P2S4. The quantitative estimate of drug-likeness (QED) is 0.0780. The molecule has 4 aromatic carbocycles. The molecule has 0 aliphatic carbocycles. The summed E-state index contributed by atoms with van der Waals surface area (Å²) in [4.78, 5) is -2.19. The van der Waals surface area contributed by atoms with Crippen LogP contribution in [0.2, 0.25) is 0 Å². The monoisotopic (exact) mass is 834 g/mol. The molecule has 0 aromatic heterocycles. The van der Waals surface area contributed by atoms with Crippen molar-refractivity contribution in [3.8, 4) is 0 Å². The molecule has 0 bridgehead atoms. The molecule has 246 valence electrons. The van der Waals surface area contributed by atoms with Gasteiger partial charge in [0.2, 0.25) is 0 Å². The van der Waals surface area contributed by atoms with Crippen molar-refractivity contribution in [1.82, 2.24) is 0 Å². The van der Waals surface area contributed by atoms with Gasteiger partial charge in [0.05, 0.1) is 19.6 Å². The first-order valence-corrected chi connectivity index (χ1v) is 21.5. The molecule has 4 aromatic rings. The Morgan fingerprint density at radius 2 is 0.580 bits per heavy atom. The summed E-state index contributed by atoms with van der Waals surface area (Å²) in [5.41, 5.74) is -1.18. The predicted molar refractivity (Wildman–Crippen MR) is 169 cm³/mol. The van der Waals surface area contributed by atoms with E-state index in [2.05, 4.69) is 0 Å². The molecular weight excluding hydrogens is 810 g/mol. The first-order chi connectivity index (χ1) is 21.2. The minimum absolute atomic E-state index is 0. The summed E-state index contributed by atoms with van der Waals surface area (Å²) in [6.45, 7) is 3.48. The maximum Gasteiger partial charge on any atom is 1.00 e. The van der Waals surface area contributed by atoms with Crippen LogP contribution in [0, 0.1) is 0 Å². The van der Waals surface area contributed by atoms with E-state index < -0.39 is 87.2 Å². The van der Waals surface area contributed by atoms with Crippen LogP contribution in [0.3, 0.4) is 0 Å². The van der Waals surface area contributed by atoms with E-state index in [9.17, 15) is 51.9 Å². The molecule has 22 heteroatoms. The maximum absolute atomic E-state index is 11.9. The van der Waals surface area contributed by atoms with Gasteiger partial charge in [-0.25, -0.2) is 33.7 Å². The van der Waals surface area contributed by atoms with Gasteiger partial charge in [-0.2, -0.15) is 0 Å². The molecule has 0 saturated carbocycles. The van der Waals surface area contributed by atoms with Crippen molar-refractivity contribution in [1.29, 1.82) is 0 Å². The zero-order valence-electron chi connectivity index (χ0n) is 27.8. The smallest absolute Gasteiger partial charge is 0.744 e. The second-order valence-electron chi connectivity index (χ2n) is 10.0. The van der Waals surface area contributed by atoms with Crippen LogP contribution in [0.1, 0.15) is 13.8 Å². The molecule has 2 atom stereocenters. The van der Waals surface area contributed by atoms with Gasteiger partial charge in [-0.3, -0.25) is 0 Å². The fourth-order valence-electron chi connectivity index (χ4n) is 4.83. The summed E-state index contributed by atoms with van der Waals surface area (Å²) in [7, 11) is -23.3. The van der Waals surface area contributed by atoms with E-state index >= 15 is 0 Å². The van der Waals surface area contributed by atoms with Crippen molar-refractivity contribution in [2.24, 2.45) is 0 Å². The largest absolute Gasteiger partial charge is 1.00 e. The van der Waals surface area contributed by atoms with Gasteiger partial charge in [0, 0.05) is 0 Å². The molecule has 4 rings (SSSR count). The third kappa shape index (κ3) is 13.3. The Morgan fingerprint density at radius 3 is 0.740 bits per heavy atom. The van der Waals surface area contributed by atoms with E-state index in [1.165, 1.54) is 24.3 Å². The second-order valence-corrected chi connectivity index (χ2v) is 20.7. The molecule has 0 N–H and O–H groups in total. The van der Waals surface area contributed by atoms with E-state index in [0.29, 0.717) is 21.2 Å². The molecule has 0 radical (unpaired) electrons. The van der Waals surface area contributed by atoms with Gasteiger partial charge in [0.15, 0.2) is 0 Å². The summed E-state index contributed by atoms with van der Waals surface area (Å²) in [5.74, 6) is 0. The van der Waals surface area contributed by atoms with Gasteiger partial charge in [-0.15, -0.1) is 0 Å². The van der Waals surface area contributed by atoms with Crippen LogP contribution in [0.25, 0.3) is 0 Å². The Kier molecular flexibility index (Phi) is 21.1. The van der Waals surface area contributed by atoms with Crippen LogP contribution < -0.4 is 139 Å². The van der Waals surface area contributed by atoms with Crippen LogP contribution in [0.15, 0.2) is 117 Å². The van der Waals surface area contributed by atoms with Crippen molar-refractivity contribution in [3.05, 3.63) is 97.1 Å². The number of benzene rings is 4. The van der Waals surface area contributed by atoms with E-state index in [0.717, 1.165) is 48.5 Å². The van der Waals surface area contributed by atoms with E-state index in [1.54, 1.807) is 38.1 Å². The van der Waals surface area contributed by atoms with Crippen LogP contribution in [0.4, 0.5) is 0 Å². The first-order valence-electron chi connectivity index (χ1n) is 13.0. The van der Waals surface area contributed by atoms with E-state index in [1.807, 2.05) is 0 Å². The molecule has 0 spiro atoms. The Hall–Kier alpha value is 1.38. The SMILES string of the molecule is C[C@@H]([C@H](C)P(c1cccc(S(=O)(=O)[O-])c1)c1cccc(S(=O)(=O)[O-])c1)P(c1cccc(S(=O)(=O)[O-])c1)c1cccc(S(=O)(=O)[O-])c1.[Na+].[Na+].[Na+].[Na+]. The summed E-state index contributed by atoms with van der Waals surface area (Å²) in [6.07, 6.45) is 0. The zero-order chi connectivity index (χ0) is 34.2.